The van der Waals surface area contributed by atoms with Gasteiger partial charge in [0.25, 0.3) is 0 Å². The highest BCUT2D eigenvalue weighted by molar-refractivity contribution is 5.32. The zero-order chi connectivity index (χ0) is 13.1. The largest absolute Gasteiger partial charge is 0.379 e. The van der Waals surface area contributed by atoms with Gasteiger partial charge in [-0.15, -0.1) is 12.3 Å². The zero-order valence-electron chi connectivity index (χ0n) is 11.1. The smallest absolute Gasteiger partial charge is 0.102 e. The van der Waals surface area contributed by atoms with Crippen LogP contribution in [0.1, 0.15) is 46.5 Å². The highest BCUT2D eigenvalue weighted by atomic mass is 16.3. The van der Waals surface area contributed by atoms with Crippen molar-refractivity contribution < 1.29 is 5.11 Å². The molecule has 2 atom stereocenters. The van der Waals surface area contributed by atoms with Gasteiger partial charge in [-0.05, 0) is 33.6 Å². The molecule has 0 aromatic carbocycles. The summed E-state index contributed by atoms with van der Waals surface area (Å²) in [5, 5.41) is 12.2. The molecule has 0 aliphatic rings. The van der Waals surface area contributed by atoms with E-state index in [1.807, 2.05) is 19.9 Å². The molecule has 0 aliphatic carbocycles. The van der Waals surface area contributed by atoms with Gasteiger partial charge in [-0.1, -0.05) is 17.9 Å². The summed E-state index contributed by atoms with van der Waals surface area (Å²) in [7, 11) is 0. The summed E-state index contributed by atoms with van der Waals surface area (Å²) >= 11 is 0. The molecule has 2 N–H and O–H groups in total. The summed E-state index contributed by atoms with van der Waals surface area (Å²) < 4.78 is 0. The number of aliphatic hydroxyl groups excluding tert-OH is 1. The van der Waals surface area contributed by atoms with Crippen molar-refractivity contribution in [3.05, 3.63) is 11.6 Å². The Morgan fingerprint density at radius 3 is 2.53 bits per heavy atom. The molecule has 17 heavy (non-hydrogen) atoms. The Labute approximate surface area is 106 Å². The normalized spacial score (nSPS) is 14.4. The minimum Gasteiger partial charge on any atom is -0.379 e. The average molecular weight is 233 g/mol. The lowest BCUT2D eigenvalue weighted by molar-refractivity contribution is 0.149. The molecule has 0 fully saturated rings. The molecule has 1 unspecified atom stereocenters. The van der Waals surface area contributed by atoms with Gasteiger partial charge in [0.15, 0.2) is 0 Å². The van der Waals surface area contributed by atoms with E-state index in [-0.39, 0.29) is 6.04 Å². The molecule has 0 aliphatic heterocycles. The van der Waals surface area contributed by atoms with Crippen LogP contribution < -0.4 is 5.32 Å². The molecule has 0 saturated carbocycles. The average Bonchev–Trinajstić information content (AvgIpc) is 2.27. The van der Waals surface area contributed by atoms with Crippen LogP contribution in [0.25, 0.3) is 0 Å². The Kier molecular flexibility index (Phi) is 9.25. The zero-order valence-corrected chi connectivity index (χ0v) is 11.1. The Bertz CT molecular complexity index is 325. The second-order valence-corrected chi connectivity index (χ2v) is 4.02. The first kappa shape index (κ1) is 15.8. The minimum absolute atomic E-state index is 0.0817. The molecule has 0 radical (unpaired) electrons. The van der Waals surface area contributed by atoms with Crippen LogP contribution in [0.15, 0.2) is 11.6 Å². The highest BCUT2D eigenvalue weighted by Gasteiger charge is 2.06. The quantitative estimate of drug-likeness (QED) is 0.419. The van der Waals surface area contributed by atoms with E-state index in [9.17, 15) is 5.11 Å². The number of hydrogen-bond acceptors (Lipinski definition) is 2. The summed E-state index contributed by atoms with van der Waals surface area (Å²) in [5.41, 5.74) is 1.02. The van der Waals surface area contributed by atoms with Gasteiger partial charge >= 0.3 is 0 Å². The lowest BCUT2D eigenvalue weighted by Gasteiger charge is -2.15. The SMILES string of the molecule is C#CCCCCC#C/C(=C/C)C(C)N[C@@H](C)O. The van der Waals surface area contributed by atoms with Gasteiger partial charge in [-0.2, -0.15) is 0 Å². The van der Waals surface area contributed by atoms with E-state index in [2.05, 4.69) is 23.1 Å². The van der Waals surface area contributed by atoms with Crippen molar-refractivity contribution in [3.8, 4) is 24.2 Å². The van der Waals surface area contributed by atoms with Crippen LogP contribution >= 0.6 is 0 Å². The molecule has 94 valence electrons. The van der Waals surface area contributed by atoms with E-state index >= 15 is 0 Å². The summed E-state index contributed by atoms with van der Waals surface area (Å²) in [6.45, 7) is 5.66. The minimum atomic E-state index is -0.516. The van der Waals surface area contributed by atoms with Crippen molar-refractivity contribution in [2.45, 2.75) is 58.7 Å². The second kappa shape index (κ2) is 9.97. The fourth-order valence-electron chi connectivity index (χ4n) is 1.49. The van der Waals surface area contributed by atoms with Crippen LogP contribution in [0, 0.1) is 24.2 Å². The molecule has 0 aromatic heterocycles. The van der Waals surface area contributed by atoms with Gasteiger partial charge in [0, 0.05) is 24.5 Å². The van der Waals surface area contributed by atoms with Crippen molar-refractivity contribution in [1.82, 2.24) is 5.32 Å². The van der Waals surface area contributed by atoms with Crippen LogP contribution in [0.4, 0.5) is 0 Å². The lowest BCUT2D eigenvalue weighted by atomic mass is 10.1. The van der Waals surface area contributed by atoms with Gasteiger partial charge in [-0.3, -0.25) is 5.32 Å². The summed E-state index contributed by atoms with van der Waals surface area (Å²) in [5.74, 6) is 8.90. The van der Waals surface area contributed by atoms with Crippen LogP contribution in [0.5, 0.6) is 0 Å². The standard InChI is InChI=1S/C15H23NO/c1-5-7-8-9-10-11-12-15(6-2)13(3)16-14(4)17/h1,6,13-14,16-17H,7-10H2,2-4H3/b15-6-/t13?,14-/m1/s1. The third-order valence-electron chi connectivity index (χ3n) is 2.37. The van der Waals surface area contributed by atoms with Crippen molar-refractivity contribution >= 4 is 0 Å². The van der Waals surface area contributed by atoms with Crippen LogP contribution in [0.2, 0.25) is 0 Å². The second-order valence-electron chi connectivity index (χ2n) is 4.02. The first-order valence-electron chi connectivity index (χ1n) is 6.14. The molecule has 0 bridgehead atoms. The lowest BCUT2D eigenvalue weighted by Crippen LogP contribution is -2.35. The van der Waals surface area contributed by atoms with Gasteiger partial charge in [0.2, 0.25) is 0 Å². The number of hydrogen-bond donors (Lipinski definition) is 2. The number of aliphatic hydroxyl groups is 1. The molecule has 0 aromatic rings. The van der Waals surface area contributed by atoms with Gasteiger partial charge < -0.3 is 5.11 Å². The van der Waals surface area contributed by atoms with Crippen molar-refractivity contribution in [2.75, 3.05) is 0 Å². The molecular weight excluding hydrogens is 210 g/mol. The molecule has 0 rings (SSSR count). The summed E-state index contributed by atoms with van der Waals surface area (Å²) in [6, 6.07) is 0.0817. The highest BCUT2D eigenvalue weighted by Crippen LogP contribution is 2.02. The van der Waals surface area contributed by atoms with E-state index in [1.165, 1.54) is 0 Å². The maximum absolute atomic E-state index is 9.23. The number of rotatable bonds is 6. The van der Waals surface area contributed by atoms with E-state index < -0.39 is 6.23 Å². The molecule has 2 heteroatoms. The van der Waals surface area contributed by atoms with Crippen LogP contribution in [-0.2, 0) is 0 Å². The van der Waals surface area contributed by atoms with Gasteiger partial charge in [0.1, 0.15) is 6.23 Å². The predicted molar refractivity (Wildman–Crippen MR) is 73.1 cm³/mol. The first-order chi connectivity index (χ1) is 8.11. The van der Waals surface area contributed by atoms with Crippen molar-refractivity contribution in [1.29, 1.82) is 0 Å². The number of unbranched alkanes of at least 4 members (excludes halogenated alkanes) is 3. The molecule has 0 amide bonds. The van der Waals surface area contributed by atoms with E-state index in [4.69, 9.17) is 6.42 Å². The first-order valence-corrected chi connectivity index (χ1v) is 6.14. The third-order valence-corrected chi connectivity index (χ3v) is 2.37. The van der Waals surface area contributed by atoms with Gasteiger partial charge in [-0.25, -0.2) is 0 Å². The summed E-state index contributed by atoms with van der Waals surface area (Å²) in [6.07, 6.45) is 10.4. The van der Waals surface area contributed by atoms with Crippen LogP contribution in [0.3, 0.4) is 0 Å². The van der Waals surface area contributed by atoms with E-state index in [0.29, 0.717) is 0 Å². The fourth-order valence-corrected chi connectivity index (χ4v) is 1.49. The summed E-state index contributed by atoms with van der Waals surface area (Å²) in [4.78, 5) is 0. The Morgan fingerprint density at radius 1 is 1.35 bits per heavy atom. The topological polar surface area (TPSA) is 32.3 Å². The monoisotopic (exact) mass is 233 g/mol. The Hall–Kier alpha value is -1.22. The third kappa shape index (κ3) is 8.57. The maximum Gasteiger partial charge on any atom is 0.102 e. The maximum atomic E-state index is 9.23. The Balaban J connectivity index is 4.06. The number of allylic oxidation sites excluding steroid dienone is 1. The molecule has 0 heterocycles. The van der Waals surface area contributed by atoms with Crippen molar-refractivity contribution in [3.63, 3.8) is 0 Å². The number of terminal acetylenes is 1. The molecule has 0 saturated heterocycles. The Morgan fingerprint density at radius 2 is 2.00 bits per heavy atom. The van der Waals surface area contributed by atoms with E-state index in [1.54, 1.807) is 6.92 Å². The van der Waals surface area contributed by atoms with Gasteiger partial charge in [0.05, 0.1) is 0 Å². The van der Waals surface area contributed by atoms with E-state index in [0.717, 1.165) is 31.3 Å². The van der Waals surface area contributed by atoms with Crippen LogP contribution in [-0.4, -0.2) is 17.4 Å². The molecule has 0 spiro atoms. The molecule has 2 nitrogen and oxygen atoms in total. The molecular formula is C15H23NO. The number of nitrogens with one attached hydrogen (secondary N) is 1. The predicted octanol–water partition coefficient (Wildman–Crippen LogP) is 2.45. The van der Waals surface area contributed by atoms with Crippen molar-refractivity contribution in [2.24, 2.45) is 0 Å². The fraction of sp³-hybridized carbons (Fsp3) is 0.600.